The number of rotatable bonds is 4. The first kappa shape index (κ1) is 21.1. The van der Waals surface area contributed by atoms with Crippen LogP contribution in [-0.2, 0) is 6.42 Å². The van der Waals surface area contributed by atoms with E-state index in [-0.39, 0.29) is 11.9 Å². The fourth-order valence-electron chi connectivity index (χ4n) is 4.45. The maximum atomic E-state index is 13.7. The molecule has 0 saturated carbocycles. The molecule has 1 aromatic carbocycles. The summed E-state index contributed by atoms with van der Waals surface area (Å²) < 4.78 is 1.74. The SMILES string of the molecule is Cc1nc(C(=O)N2CCCCC2Cc2cn3nc(Cl)cc(C)c3n2)c(-c2ccccc2)s1. The van der Waals surface area contributed by atoms with Crippen LogP contribution in [0.3, 0.4) is 0 Å². The molecule has 0 radical (unpaired) electrons. The van der Waals surface area contributed by atoms with E-state index in [1.807, 2.05) is 61.3 Å². The van der Waals surface area contributed by atoms with Gasteiger partial charge in [-0.25, -0.2) is 14.5 Å². The first-order valence-corrected chi connectivity index (χ1v) is 12.0. The lowest BCUT2D eigenvalue weighted by Gasteiger charge is -2.35. The second kappa shape index (κ2) is 8.64. The fraction of sp³-hybridized carbons (Fsp3) is 0.333. The highest BCUT2D eigenvalue weighted by atomic mass is 35.5. The van der Waals surface area contributed by atoms with Crippen molar-refractivity contribution in [2.24, 2.45) is 0 Å². The van der Waals surface area contributed by atoms with Gasteiger partial charge in [0, 0.05) is 19.0 Å². The van der Waals surface area contributed by atoms with Crippen molar-refractivity contribution < 1.29 is 4.79 Å². The molecule has 4 aromatic rings. The van der Waals surface area contributed by atoms with E-state index < -0.39 is 0 Å². The van der Waals surface area contributed by atoms with E-state index in [0.29, 0.717) is 17.3 Å². The number of hydrogen-bond acceptors (Lipinski definition) is 5. The van der Waals surface area contributed by atoms with Gasteiger partial charge in [-0.3, -0.25) is 4.79 Å². The Morgan fingerprint density at radius 3 is 2.81 bits per heavy atom. The number of thiazole rings is 1. The topological polar surface area (TPSA) is 63.4 Å². The second-order valence-corrected chi connectivity index (χ2v) is 9.87. The minimum absolute atomic E-state index is 0.0130. The lowest BCUT2D eigenvalue weighted by molar-refractivity contribution is 0.0608. The zero-order chi connectivity index (χ0) is 22.2. The van der Waals surface area contributed by atoms with Crippen LogP contribution in [0.1, 0.15) is 46.0 Å². The molecule has 164 valence electrons. The Balaban J connectivity index is 1.44. The summed E-state index contributed by atoms with van der Waals surface area (Å²) in [5.74, 6) is 0.0130. The number of hydrogen-bond donors (Lipinski definition) is 0. The molecule has 1 saturated heterocycles. The van der Waals surface area contributed by atoms with Crippen LogP contribution in [0.2, 0.25) is 5.15 Å². The van der Waals surface area contributed by atoms with E-state index in [1.165, 1.54) is 0 Å². The van der Waals surface area contributed by atoms with Crippen LogP contribution in [0.5, 0.6) is 0 Å². The third-order valence-corrected chi connectivity index (χ3v) is 7.14. The summed E-state index contributed by atoms with van der Waals surface area (Å²) >= 11 is 7.68. The summed E-state index contributed by atoms with van der Waals surface area (Å²) in [6.07, 6.45) is 5.68. The van der Waals surface area contributed by atoms with Gasteiger partial charge in [-0.05, 0) is 50.3 Å². The molecule has 0 aliphatic carbocycles. The Morgan fingerprint density at radius 1 is 1.19 bits per heavy atom. The van der Waals surface area contributed by atoms with Crippen molar-refractivity contribution in [2.45, 2.75) is 45.6 Å². The Hall–Kier alpha value is -2.77. The number of benzene rings is 1. The first-order valence-electron chi connectivity index (χ1n) is 10.8. The van der Waals surface area contributed by atoms with Gasteiger partial charge in [0.1, 0.15) is 10.8 Å². The number of halogens is 1. The first-order chi connectivity index (χ1) is 15.5. The summed E-state index contributed by atoms with van der Waals surface area (Å²) in [5.41, 5.74) is 4.31. The maximum absolute atomic E-state index is 13.7. The Kier molecular flexibility index (Phi) is 5.69. The Labute approximate surface area is 195 Å². The highest BCUT2D eigenvalue weighted by Crippen LogP contribution is 2.32. The van der Waals surface area contributed by atoms with Crippen LogP contribution >= 0.6 is 22.9 Å². The summed E-state index contributed by atoms with van der Waals surface area (Å²) in [6, 6.07) is 11.9. The van der Waals surface area contributed by atoms with Gasteiger partial charge in [-0.1, -0.05) is 41.9 Å². The monoisotopic (exact) mass is 465 g/mol. The molecule has 8 heteroatoms. The van der Waals surface area contributed by atoms with E-state index in [4.69, 9.17) is 16.6 Å². The van der Waals surface area contributed by atoms with Gasteiger partial charge in [-0.2, -0.15) is 5.10 Å². The average Bonchev–Trinajstić information content (AvgIpc) is 3.37. The number of fused-ring (bicyclic) bond motifs is 1. The van der Waals surface area contributed by atoms with Gasteiger partial charge in [0.25, 0.3) is 5.91 Å². The molecule has 4 heterocycles. The molecular formula is C24H24ClN5OS. The predicted octanol–water partition coefficient (Wildman–Crippen LogP) is 5.36. The van der Waals surface area contributed by atoms with E-state index in [2.05, 4.69) is 10.1 Å². The quantitative estimate of drug-likeness (QED) is 0.407. The number of amides is 1. The largest absolute Gasteiger partial charge is 0.334 e. The predicted molar refractivity (Wildman–Crippen MR) is 127 cm³/mol. The lowest BCUT2D eigenvalue weighted by atomic mass is 9.97. The molecule has 0 spiro atoms. The minimum atomic E-state index is 0.0130. The number of aromatic nitrogens is 4. The number of imidazole rings is 1. The van der Waals surface area contributed by atoms with Crippen molar-refractivity contribution in [2.75, 3.05) is 6.54 Å². The molecule has 0 bridgehead atoms. The maximum Gasteiger partial charge on any atom is 0.274 e. The number of likely N-dealkylation sites (tertiary alicyclic amines) is 1. The van der Waals surface area contributed by atoms with Crippen molar-refractivity contribution in [3.05, 3.63) is 69.7 Å². The van der Waals surface area contributed by atoms with E-state index in [9.17, 15) is 4.79 Å². The van der Waals surface area contributed by atoms with E-state index >= 15 is 0 Å². The fourth-order valence-corrected chi connectivity index (χ4v) is 5.61. The molecule has 0 N–H and O–H groups in total. The third kappa shape index (κ3) is 4.02. The van der Waals surface area contributed by atoms with Crippen LogP contribution in [0, 0.1) is 13.8 Å². The number of carbonyl (C=O) groups excluding carboxylic acids is 1. The molecule has 1 aliphatic rings. The molecule has 1 amide bonds. The van der Waals surface area contributed by atoms with Crippen LogP contribution in [0.25, 0.3) is 16.1 Å². The van der Waals surface area contributed by atoms with Crippen LogP contribution < -0.4 is 0 Å². The molecule has 32 heavy (non-hydrogen) atoms. The zero-order valence-corrected chi connectivity index (χ0v) is 19.7. The van der Waals surface area contributed by atoms with Crippen LogP contribution in [0.4, 0.5) is 0 Å². The molecule has 5 rings (SSSR count). The van der Waals surface area contributed by atoms with Gasteiger partial charge in [0.15, 0.2) is 5.65 Å². The van der Waals surface area contributed by atoms with Gasteiger partial charge in [0.05, 0.1) is 21.8 Å². The summed E-state index contributed by atoms with van der Waals surface area (Å²) in [6.45, 7) is 4.68. The lowest BCUT2D eigenvalue weighted by Crippen LogP contribution is -2.45. The van der Waals surface area contributed by atoms with Crippen molar-refractivity contribution in [3.8, 4) is 10.4 Å². The number of piperidine rings is 1. The summed E-state index contributed by atoms with van der Waals surface area (Å²) in [4.78, 5) is 26.1. The molecular weight excluding hydrogens is 442 g/mol. The molecule has 1 unspecified atom stereocenters. The average molecular weight is 466 g/mol. The van der Waals surface area contributed by atoms with Crippen LogP contribution in [0.15, 0.2) is 42.6 Å². The molecule has 6 nitrogen and oxygen atoms in total. The van der Waals surface area contributed by atoms with Gasteiger partial charge in [-0.15, -0.1) is 11.3 Å². The normalized spacial score (nSPS) is 16.6. The number of nitrogens with zero attached hydrogens (tertiary/aromatic N) is 5. The van der Waals surface area contributed by atoms with Crippen molar-refractivity contribution in [3.63, 3.8) is 0 Å². The highest BCUT2D eigenvalue weighted by molar-refractivity contribution is 7.15. The minimum Gasteiger partial charge on any atom is -0.334 e. The summed E-state index contributed by atoms with van der Waals surface area (Å²) in [5, 5.41) is 5.68. The highest BCUT2D eigenvalue weighted by Gasteiger charge is 2.31. The molecule has 1 atom stereocenters. The van der Waals surface area contributed by atoms with Crippen molar-refractivity contribution in [1.29, 1.82) is 0 Å². The second-order valence-electron chi connectivity index (χ2n) is 8.28. The van der Waals surface area contributed by atoms with Crippen molar-refractivity contribution in [1.82, 2.24) is 24.5 Å². The number of aryl methyl sites for hydroxylation is 2. The molecule has 1 aliphatic heterocycles. The third-order valence-electron chi connectivity index (χ3n) is 5.93. The van der Waals surface area contributed by atoms with Gasteiger partial charge >= 0.3 is 0 Å². The molecule has 3 aromatic heterocycles. The zero-order valence-electron chi connectivity index (χ0n) is 18.1. The van der Waals surface area contributed by atoms with Gasteiger partial charge in [0.2, 0.25) is 0 Å². The standard InChI is InChI=1S/C24H24ClN5OS/c1-15-12-20(25)28-30-14-18(27-23(15)30)13-19-10-6-7-11-29(19)24(31)21-22(32-16(2)26-21)17-8-4-3-5-9-17/h3-5,8-9,12,14,19H,6-7,10-11,13H2,1-2H3. The molecule has 1 fully saturated rings. The Morgan fingerprint density at radius 2 is 2.00 bits per heavy atom. The van der Waals surface area contributed by atoms with E-state index in [1.54, 1.807) is 15.9 Å². The Bertz CT molecular complexity index is 1280. The van der Waals surface area contributed by atoms with Gasteiger partial charge < -0.3 is 4.90 Å². The summed E-state index contributed by atoms with van der Waals surface area (Å²) in [7, 11) is 0. The number of carbonyl (C=O) groups is 1. The van der Waals surface area contributed by atoms with Crippen molar-refractivity contribution >= 4 is 34.5 Å². The van der Waals surface area contributed by atoms with E-state index in [0.717, 1.165) is 58.2 Å². The smallest absolute Gasteiger partial charge is 0.274 e. The van der Waals surface area contributed by atoms with Crippen LogP contribution in [-0.4, -0.2) is 43.0 Å².